The predicted molar refractivity (Wildman–Crippen MR) is 60.8 cm³/mol. The molecule has 17 heavy (non-hydrogen) atoms. The number of carboxylic acid groups (broad SMARTS) is 1. The van der Waals surface area contributed by atoms with Crippen molar-refractivity contribution in [2.24, 2.45) is 0 Å². The minimum absolute atomic E-state index is 0.163. The molecule has 0 fully saturated rings. The molecule has 6 nitrogen and oxygen atoms in total. The summed E-state index contributed by atoms with van der Waals surface area (Å²) < 4.78 is 5.37. The number of nitrogens with zero attached hydrogens (tertiary/aromatic N) is 2. The van der Waals surface area contributed by atoms with Crippen LogP contribution in [-0.4, -0.2) is 34.2 Å². The fraction of sp³-hybridized carbons (Fsp3) is 0.545. The summed E-state index contributed by atoms with van der Waals surface area (Å²) in [6, 6.07) is 0. The van der Waals surface area contributed by atoms with Gasteiger partial charge in [-0.1, -0.05) is 0 Å². The van der Waals surface area contributed by atoms with Crippen molar-refractivity contribution in [2.45, 2.75) is 25.9 Å². The van der Waals surface area contributed by atoms with Crippen LogP contribution in [0.3, 0.4) is 0 Å². The number of fused-ring (bicyclic) bond motifs is 1. The molecule has 2 rings (SSSR count). The van der Waals surface area contributed by atoms with Crippen molar-refractivity contribution >= 4 is 11.8 Å². The molecule has 1 aliphatic rings. The number of carbonyl (C=O) groups is 1. The molecule has 2 heterocycles. The highest BCUT2D eigenvalue weighted by Crippen LogP contribution is 2.20. The quantitative estimate of drug-likeness (QED) is 0.738. The van der Waals surface area contributed by atoms with Crippen LogP contribution in [0.4, 0.5) is 5.82 Å². The van der Waals surface area contributed by atoms with Crippen LogP contribution in [-0.2, 0) is 22.6 Å². The summed E-state index contributed by atoms with van der Waals surface area (Å²) in [5, 5.41) is 11.7. The standard InChI is InChI=1S/C11H15N3O3/c15-10(16)2-1-4-12-11-8-6-17-5-3-9(8)13-7-14-11/h7H,1-6H2,(H,15,16)(H,12,13,14). The van der Waals surface area contributed by atoms with Crippen LogP contribution in [0.25, 0.3) is 0 Å². The largest absolute Gasteiger partial charge is 0.481 e. The van der Waals surface area contributed by atoms with Crippen LogP contribution in [0.1, 0.15) is 24.1 Å². The molecule has 1 aromatic rings. The van der Waals surface area contributed by atoms with E-state index < -0.39 is 5.97 Å². The summed E-state index contributed by atoms with van der Waals surface area (Å²) in [4.78, 5) is 18.7. The highest BCUT2D eigenvalue weighted by molar-refractivity contribution is 5.66. The monoisotopic (exact) mass is 237 g/mol. The highest BCUT2D eigenvalue weighted by Gasteiger charge is 2.15. The minimum Gasteiger partial charge on any atom is -0.481 e. The van der Waals surface area contributed by atoms with E-state index in [-0.39, 0.29) is 6.42 Å². The molecular formula is C11H15N3O3. The Hall–Kier alpha value is -1.69. The molecule has 0 unspecified atom stereocenters. The maximum atomic E-state index is 10.4. The zero-order valence-corrected chi connectivity index (χ0v) is 9.48. The van der Waals surface area contributed by atoms with Gasteiger partial charge < -0.3 is 15.2 Å². The smallest absolute Gasteiger partial charge is 0.303 e. The molecular weight excluding hydrogens is 222 g/mol. The van der Waals surface area contributed by atoms with Crippen LogP contribution in [0.15, 0.2) is 6.33 Å². The van der Waals surface area contributed by atoms with Gasteiger partial charge in [0.05, 0.1) is 18.9 Å². The number of nitrogens with one attached hydrogen (secondary N) is 1. The lowest BCUT2D eigenvalue weighted by Crippen LogP contribution is -2.16. The van der Waals surface area contributed by atoms with Crippen molar-refractivity contribution in [3.8, 4) is 0 Å². The van der Waals surface area contributed by atoms with Crippen molar-refractivity contribution in [1.29, 1.82) is 0 Å². The first-order chi connectivity index (χ1) is 8.27. The number of aromatic nitrogens is 2. The number of hydrogen-bond acceptors (Lipinski definition) is 5. The molecule has 1 aliphatic heterocycles. The zero-order chi connectivity index (χ0) is 12.1. The van der Waals surface area contributed by atoms with E-state index in [4.69, 9.17) is 9.84 Å². The lowest BCUT2D eigenvalue weighted by molar-refractivity contribution is -0.137. The molecule has 0 amide bonds. The Labute approximate surface area is 99.0 Å². The summed E-state index contributed by atoms with van der Waals surface area (Å²) in [6.07, 6.45) is 3.08. The van der Waals surface area contributed by atoms with E-state index in [1.165, 1.54) is 6.33 Å². The molecule has 0 radical (unpaired) electrons. The van der Waals surface area contributed by atoms with Gasteiger partial charge in [0.15, 0.2) is 0 Å². The number of ether oxygens (including phenoxy) is 1. The first-order valence-corrected chi connectivity index (χ1v) is 5.63. The second-order valence-corrected chi connectivity index (χ2v) is 3.87. The Bertz CT molecular complexity index is 409. The average molecular weight is 237 g/mol. The highest BCUT2D eigenvalue weighted by atomic mass is 16.5. The summed E-state index contributed by atoms with van der Waals surface area (Å²) in [5.74, 6) is -0.0139. The normalized spacial score (nSPS) is 14.1. The topological polar surface area (TPSA) is 84.3 Å². The van der Waals surface area contributed by atoms with Crippen molar-refractivity contribution in [1.82, 2.24) is 9.97 Å². The molecule has 0 atom stereocenters. The molecule has 92 valence electrons. The molecule has 6 heteroatoms. The van der Waals surface area contributed by atoms with Crippen molar-refractivity contribution < 1.29 is 14.6 Å². The van der Waals surface area contributed by atoms with Gasteiger partial charge in [-0.3, -0.25) is 4.79 Å². The lowest BCUT2D eigenvalue weighted by Gasteiger charge is -2.18. The third-order valence-electron chi connectivity index (χ3n) is 2.62. The van der Waals surface area contributed by atoms with E-state index in [2.05, 4.69) is 15.3 Å². The van der Waals surface area contributed by atoms with Crippen molar-refractivity contribution in [2.75, 3.05) is 18.5 Å². The Morgan fingerprint density at radius 3 is 3.24 bits per heavy atom. The maximum Gasteiger partial charge on any atom is 0.303 e. The fourth-order valence-electron chi connectivity index (χ4n) is 1.76. The first-order valence-electron chi connectivity index (χ1n) is 5.63. The first kappa shape index (κ1) is 11.8. The van der Waals surface area contributed by atoms with Gasteiger partial charge in [-0.25, -0.2) is 9.97 Å². The van der Waals surface area contributed by atoms with Crippen LogP contribution in [0.2, 0.25) is 0 Å². The number of carboxylic acids is 1. The molecule has 0 saturated carbocycles. The van der Waals surface area contributed by atoms with Gasteiger partial charge in [-0.2, -0.15) is 0 Å². The van der Waals surface area contributed by atoms with Crippen molar-refractivity contribution in [3.05, 3.63) is 17.6 Å². The van der Waals surface area contributed by atoms with Gasteiger partial charge in [-0.05, 0) is 6.42 Å². The molecule has 1 aromatic heterocycles. The zero-order valence-electron chi connectivity index (χ0n) is 9.48. The molecule has 0 spiro atoms. The summed E-state index contributed by atoms with van der Waals surface area (Å²) >= 11 is 0. The minimum atomic E-state index is -0.778. The van der Waals surface area contributed by atoms with Crippen LogP contribution in [0.5, 0.6) is 0 Å². The molecule has 0 aliphatic carbocycles. The van der Waals surface area contributed by atoms with E-state index in [1.807, 2.05) is 0 Å². The number of aliphatic carboxylic acids is 1. The van der Waals surface area contributed by atoms with E-state index >= 15 is 0 Å². The Morgan fingerprint density at radius 2 is 2.41 bits per heavy atom. The van der Waals surface area contributed by atoms with Crippen LogP contribution < -0.4 is 5.32 Å². The molecule has 0 aromatic carbocycles. The SMILES string of the molecule is O=C(O)CCCNc1ncnc2c1COCC2. The number of rotatable bonds is 5. The van der Waals surface area contributed by atoms with Crippen molar-refractivity contribution in [3.63, 3.8) is 0 Å². The Morgan fingerprint density at radius 1 is 1.53 bits per heavy atom. The fourth-order valence-corrected chi connectivity index (χ4v) is 1.76. The molecule has 0 saturated heterocycles. The van der Waals surface area contributed by atoms with Gasteiger partial charge in [0.2, 0.25) is 0 Å². The summed E-state index contributed by atoms with van der Waals surface area (Å²) in [6.45, 7) is 1.82. The van der Waals surface area contributed by atoms with Gasteiger partial charge >= 0.3 is 5.97 Å². The lowest BCUT2D eigenvalue weighted by atomic mass is 10.1. The maximum absolute atomic E-state index is 10.4. The molecule has 0 bridgehead atoms. The Kier molecular flexibility index (Phi) is 3.87. The number of anilines is 1. The summed E-state index contributed by atoms with van der Waals surface area (Å²) in [7, 11) is 0. The van der Waals surface area contributed by atoms with Crippen LogP contribution in [0, 0.1) is 0 Å². The van der Waals surface area contributed by atoms with E-state index in [1.54, 1.807) is 0 Å². The van der Waals surface area contributed by atoms with E-state index in [0.29, 0.717) is 26.2 Å². The van der Waals surface area contributed by atoms with Gasteiger partial charge in [0.25, 0.3) is 0 Å². The summed E-state index contributed by atoms with van der Waals surface area (Å²) in [5.41, 5.74) is 2.01. The van der Waals surface area contributed by atoms with E-state index in [9.17, 15) is 4.79 Å². The van der Waals surface area contributed by atoms with Gasteiger partial charge in [-0.15, -0.1) is 0 Å². The number of hydrogen-bond donors (Lipinski definition) is 2. The third kappa shape index (κ3) is 3.13. The Balaban J connectivity index is 1.94. The second kappa shape index (κ2) is 5.58. The van der Waals surface area contributed by atoms with E-state index in [0.717, 1.165) is 23.5 Å². The van der Waals surface area contributed by atoms with Gasteiger partial charge in [0.1, 0.15) is 12.1 Å². The second-order valence-electron chi connectivity index (χ2n) is 3.87. The van der Waals surface area contributed by atoms with Crippen LogP contribution >= 0.6 is 0 Å². The molecule has 2 N–H and O–H groups in total. The average Bonchev–Trinajstić information content (AvgIpc) is 2.34. The predicted octanol–water partition coefficient (Wildman–Crippen LogP) is 0.826. The van der Waals surface area contributed by atoms with Gasteiger partial charge in [0, 0.05) is 24.9 Å². The third-order valence-corrected chi connectivity index (χ3v) is 2.62.